The molecule has 1 aromatic rings. The van der Waals surface area contributed by atoms with Gasteiger partial charge >= 0.3 is 0 Å². The zero-order chi connectivity index (χ0) is 12.9. The van der Waals surface area contributed by atoms with Gasteiger partial charge in [0.15, 0.2) is 0 Å². The molecule has 0 radical (unpaired) electrons. The average molecular weight is 260 g/mol. The summed E-state index contributed by atoms with van der Waals surface area (Å²) in [6.45, 7) is 2.32. The number of halogens is 2. The van der Waals surface area contributed by atoms with Crippen LogP contribution in [0.15, 0.2) is 18.2 Å². The maximum Gasteiger partial charge on any atom is 0.144 e. The summed E-state index contributed by atoms with van der Waals surface area (Å²) in [5.41, 5.74) is 5.80. The van der Waals surface area contributed by atoms with Crippen molar-refractivity contribution in [3.63, 3.8) is 0 Å². The van der Waals surface area contributed by atoms with Crippen LogP contribution >= 0.6 is 11.6 Å². The van der Waals surface area contributed by atoms with Crippen LogP contribution in [0.4, 0.5) is 4.39 Å². The summed E-state index contributed by atoms with van der Waals surface area (Å²) in [5.74, 6) is -0.406. The molecular formula is C13H19ClFNO. The Kier molecular flexibility index (Phi) is 5.37. The molecule has 0 aliphatic carbocycles. The molecule has 4 heteroatoms. The lowest BCUT2D eigenvalue weighted by Crippen LogP contribution is -2.36. The third kappa shape index (κ3) is 3.41. The average Bonchev–Trinajstić information content (AvgIpc) is 2.34. The molecule has 0 spiro atoms. The molecule has 1 unspecified atom stereocenters. The van der Waals surface area contributed by atoms with Crippen molar-refractivity contribution in [2.45, 2.75) is 26.2 Å². The molecule has 0 aliphatic heterocycles. The summed E-state index contributed by atoms with van der Waals surface area (Å²) in [6, 6.07) is 4.92. The van der Waals surface area contributed by atoms with E-state index in [1.807, 2.05) is 6.92 Å². The highest BCUT2D eigenvalue weighted by molar-refractivity contribution is 6.30. The molecule has 0 aliphatic rings. The lowest BCUT2D eigenvalue weighted by atomic mass is 9.78. The SMILES string of the molecule is CCCC(CN)(CO)Cc1cccc(Cl)c1F. The standard InChI is InChI=1S/C13H19ClFNO/c1-2-6-13(8-16,9-17)7-10-4-3-5-11(14)12(10)15/h3-5,17H,2,6-9,16H2,1H3. The fourth-order valence-corrected chi connectivity index (χ4v) is 2.28. The Hall–Kier alpha value is -0.640. The topological polar surface area (TPSA) is 46.2 Å². The van der Waals surface area contributed by atoms with E-state index in [4.69, 9.17) is 17.3 Å². The van der Waals surface area contributed by atoms with E-state index in [1.165, 1.54) is 6.07 Å². The first-order chi connectivity index (χ1) is 8.08. The Morgan fingerprint density at radius 2 is 2.18 bits per heavy atom. The van der Waals surface area contributed by atoms with Crippen molar-refractivity contribution in [2.75, 3.05) is 13.2 Å². The summed E-state index contributed by atoms with van der Waals surface area (Å²) >= 11 is 5.74. The predicted octanol–water partition coefficient (Wildman–Crippen LogP) is 2.76. The molecule has 0 amide bonds. The quantitative estimate of drug-likeness (QED) is 0.825. The molecule has 0 fully saturated rings. The Morgan fingerprint density at radius 1 is 1.47 bits per heavy atom. The first-order valence-corrected chi connectivity index (χ1v) is 6.20. The monoisotopic (exact) mass is 259 g/mol. The van der Waals surface area contributed by atoms with E-state index in [2.05, 4.69) is 0 Å². The zero-order valence-corrected chi connectivity index (χ0v) is 10.8. The Bertz CT molecular complexity index is 366. The van der Waals surface area contributed by atoms with E-state index in [9.17, 15) is 9.50 Å². The molecule has 0 saturated heterocycles. The van der Waals surface area contributed by atoms with Crippen LogP contribution in [0.5, 0.6) is 0 Å². The number of aliphatic hydroxyl groups is 1. The smallest absolute Gasteiger partial charge is 0.144 e. The second-order valence-corrected chi connectivity index (χ2v) is 4.91. The minimum absolute atomic E-state index is 0.0384. The van der Waals surface area contributed by atoms with E-state index in [0.29, 0.717) is 18.5 Å². The molecule has 1 aromatic carbocycles. The number of rotatable bonds is 6. The first-order valence-electron chi connectivity index (χ1n) is 5.82. The highest BCUT2D eigenvalue weighted by Gasteiger charge is 2.28. The predicted molar refractivity (Wildman–Crippen MR) is 68.6 cm³/mol. The van der Waals surface area contributed by atoms with E-state index in [0.717, 1.165) is 12.8 Å². The van der Waals surface area contributed by atoms with Gasteiger partial charge in [-0.1, -0.05) is 37.1 Å². The van der Waals surface area contributed by atoms with Crippen molar-refractivity contribution in [1.29, 1.82) is 0 Å². The highest BCUT2D eigenvalue weighted by Crippen LogP contribution is 2.30. The number of benzene rings is 1. The van der Waals surface area contributed by atoms with E-state index in [-0.39, 0.29) is 11.6 Å². The highest BCUT2D eigenvalue weighted by atomic mass is 35.5. The number of aliphatic hydroxyl groups excluding tert-OH is 1. The minimum atomic E-state index is -0.444. The minimum Gasteiger partial charge on any atom is -0.396 e. The van der Waals surface area contributed by atoms with Crippen molar-refractivity contribution >= 4 is 11.6 Å². The molecule has 2 nitrogen and oxygen atoms in total. The number of hydrogen-bond acceptors (Lipinski definition) is 2. The van der Waals surface area contributed by atoms with E-state index < -0.39 is 11.2 Å². The van der Waals surface area contributed by atoms with E-state index >= 15 is 0 Å². The Balaban J connectivity index is 2.97. The molecule has 17 heavy (non-hydrogen) atoms. The summed E-state index contributed by atoms with van der Waals surface area (Å²) in [6.07, 6.45) is 2.09. The van der Waals surface area contributed by atoms with Gasteiger partial charge in [-0.25, -0.2) is 4.39 Å². The van der Waals surface area contributed by atoms with Gasteiger partial charge in [-0.15, -0.1) is 0 Å². The largest absolute Gasteiger partial charge is 0.396 e. The van der Waals surface area contributed by atoms with Crippen LogP contribution in [0.25, 0.3) is 0 Å². The van der Waals surface area contributed by atoms with Crippen molar-refractivity contribution < 1.29 is 9.50 Å². The zero-order valence-electron chi connectivity index (χ0n) is 10.0. The Morgan fingerprint density at radius 3 is 2.71 bits per heavy atom. The van der Waals surface area contributed by atoms with Gasteiger partial charge in [0.05, 0.1) is 11.6 Å². The summed E-state index contributed by atoms with van der Waals surface area (Å²) < 4.78 is 13.8. The Labute approximate surface area is 107 Å². The second-order valence-electron chi connectivity index (χ2n) is 4.50. The van der Waals surface area contributed by atoms with E-state index in [1.54, 1.807) is 12.1 Å². The molecule has 1 atom stereocenters. The number of hydrogen-bond donors (Lipinski definition) is 2. The van der Waals surface area contributed by atoms with Gasteiger partial charge in [-0.05, 0) is 24.5 Å². The molecule has 96 valence electrons. The van der Waals surface area contributed by atoms with Crippen LogP contribution < -0.4 is 5.73 Å². The van der Waals surface area contributed by atoms with Crippen molar-refractivity contribution in [1.82, 2.24) is 0 Å². The molecule has 0 bridgehead atoms. The van der Waals surface area contributed by atoms with Gasteiger partial charge in [-0.3, -0.25) is 0 Å². The summed E-state index contributed by atoms with van der Waals surface area (Å²) in [5, 5.41) is 9.61. The first kappa shape index (κ1) is 14.4. The van der Waals surface area contributed by atoms with Crippen molar-refractivity contribution in [3.05, 3.63) is 34.6 Å². The van der Waals surface area contributed by atoms with Gasteiger partial charge in [0.1, 0.15) is 5.82 Å². The third-order valence-corrected chi connectivity index (χ3v) is 3.44. The lowest BCUT2D eigenvalue weighted by Gasteiger charge is -2.30. The molecule has 1 rings (SSSR count). The second kappa shape index (κ2) is 6.34. The van der Waals surface area contributed by atoms with Crippen LogP contribution in [0.1, 0.15) is 25.3 Å². The maximum absolute atomic E-state index is 13.8. The van der Waals surface area contributed by atoms with Gasteiger partial charge in [-0.2, -0.15) is 0 Å². The van der Waals surface area contributed by atoms with Crippen LogP contribution in [-0.4, -0.2) is 18.3 Å². The van der Waals surface area contributed by atoms with Gasteiger partial charge in [0.2, 0.25) is 0 Å². The van der Waals surface area contributed by atoms with Crippen LogP contribution in [0.2, 0.25) is 5.02 Å². The molecule has 0 saturated carbocycles. The van der Waals surface area contributed by atoms with Crippen molar-refractivity contribution in [2.24, 2.45) is 11.1 Å². The van der Waals surface area contributed by atoms with Crippen LogP contribution in [0, 0.1) is 11.2 Å². The fourth-order valence-electron chi connectivity index (χ4n) is 2.08. The maximum atomic E-state index is 13.8. The van der Waals surface area contributed by atoms with Gasteiger partial charge < -0.3 is 10.8 Å². The molecule has 0 heterocycles. The summed E-state index contributed by atoms with van der Waals surface area (Å²) in [7, 11) is 0. The van der Waals surface area contributed by atoms with Crippen LogP contribution in [0.3, 0.4) is 0 Å². The normalized spacial score (nSPS) is 14.6. The molecular weight excluding hydrogens is 241 g/mol. The van der Waals surface area contributed by atoms with Crippen molar-refractivity contribution in [3.8, 4) is 0 Å². The number of nitrogens with two attached hydrogens (primary N) is 1. The van der Waals surface area contributed by atoms with Gasteiger partial charge in [0, 0.05) is 12.0 Å². The summed E-state index contributed by atoms with van der Waals surface area (Å²) in [4.78, 5) is 0. The van der Waals surface area contributed by atoms with Crippen LogP contribution in [-0.2, 0) is 6.42 Å². The molecule has 3 N–H and O–H groups in total. The molecule has 0 aromatic heterocycles. The van der Waals surface area contributed by atoms with Gasteiger partial charge in [0.25, 0.3) is 0 Å². The fraction of sp³-hybridized carbons (Fsp3) is 0.538. The lowest BCUT2D eigenvalue weighted by molar-refractivity contribution is 0.120. The third-order valence-electron chi connectivity index (χ3n) is 3.15.